The SMILES string of the molecule is CC1(C)CC(N(CCO)CC2CCCN2)C(C)(C)O1. The van der Waals surface area contributed by atoms with Crippen molar-refractivity contribution in [2.75, 3.05) is 26.2 Å². The molecule has 0 aromatic heterocycles. The van der Waals surface area contributed by atoms with Crippen LogP contribution in [0.2, 0.25) is 0 Å². The highest BCUT2D eigenvalue weighted by atomic mass is 16.5. The van der Waals surface area contributed by atoms with Gasteiger partial charge in [0, 0.05) is 25.2 Å². The molecule has 2 unspecified atom stereocenters. The van der Waals surface area contributed by atoms with E-state index in [4.69, 9.17) is 4.74 Å². The van der Waals surface area contributed by atoms with Crippen molar-refractivity contribution in [2.24, 2.45) is 0 Å². The maximum absolute atomic E-state index is 9.37. The Morgan fingerprint density at radius 3 is 2.53 bits per heavy atom. The Kier molecular flexibility index (Phi) is 4.56. The molecular weight excluding hydrogens is 240 g/mol. The fourth-order valence-electron chi connectivity index (χ4n) is 3.80. The average molecular weight is 270 g/mol. The topological polar surface area (TPSA) is 44.7 Å². The molecule has 2 saturated heterocycles. The predicted molar refractivity (Wildman–Crippen MR) is 77.3 cm³/mol. The summed E-state index contributed by atoms with van der Waals surface area (Å²) in [5.41, 5.74) is -0.206. The second kappa shape index (κ2) is 5.68. The third-order valence-corrected chi connectivity index (χ3v) is 4.47. The summed E-state index contributed by atoms with van der Waals surface area (Å²) in [5.74, 6) is 0. The number of hydrogen-bond donors (Lipinski definition) is 2. The highest BCUT2D eigenvalue weighted by Crippen LogP contribution is 2.40. The molecule has 4 nitrogen and oxygen atoms in total. The van der Waals surface area contributed by atoms with E-state index in [9.17, 15) is 5.11 Å². The zero-order chi connectivity index (χ0) is 14.1. The smallest absolute Gasteiger partial charge is 0.0789 e. The molecule has 0 saturated carbocycles. The molecule has 2 aliphatic heterocycles. The first-order chi connectivity index (χ1) is 8.84. The molecule has 2 heterocycles. The molecule has 0 radical (unpaired) electrons. The van der Waals surface area contributed by atoms with Crippen LogP contribution in [0.1, 0.15) is 47.0 Å². The van der Waals surface area contributed by atoms with Crippen molar-refractivity contribution in [3.05, 3.63) is 0 Å². The van der Waals surface area contributed by atoms with Gasteiger partial charge in [0.05, 0.1) is 17.8 Å². The molecule has 2 atom stereocenters. The van der Waals surface area contributed by atoms with Gasteiger partial charge in [0.15, 0.2) is 0 Å². The minimum absolute atomic E-state index is 0.0645. The number of nitrogens with zero attached hydrogens (tertiary/aromatic N) is 1. The molecule has 0 aliphatic carbocycles. The van der Waals surface area contributed by atoms with E-state index in [1.165, 1.54) is 12.8 Å². The van der Waals surface area contributed by atoms with Crippen molar-refractivity contribution in [2.45, 2.75) is 70.2 Å². The summed E-state index contributed by atoms with van der Waals surface area (Å²) in [6, 6.07) is 0.961. The number of hydrogen-bond acceptors (Lipinski definition) is 4. The number of ether oxygens (including phenoxy) is 1. The number of nitrogens with one attached hydrogen (secondary N) is 1. The molecule has 0 amide bonds. The summed E-state index contributed by atoms with van der Waals surface area (Å²) in [6.07, 6.45) is 3.56. The zero-order valence-corrected chi connectivity index (χ0v) is 12.9. The van der Waals surface area contributed by atoms with Gasteiger partial charge in [0.25, 0.3) is 0 Å². The summed E-state index contributed by atoms with van der Waals surface area (Å²) in [7, 11) is 0. The lowest BCUT2D eigenvalue weighted by Crippen LogP contribution is -2.51. The Bertz CT molecular complexity index is 299. The molecule has 19 heavy (non-hydrogen) atoms. The van der Waals surface area contributed by atoms with E-state index in [1.807, 2.05) is 0 Å². The Labute approximate surface area is 117 Å². The maximum Gasteiger partial charge on any atom is 0.0789 e. The Morgan fingerprint density at radius 1 is 1.32 bits per heavy atom. The molecule has 0 spiro atoms. The monoisotopic (exact) mass is 270 g/mol. The van der Waals surface area contributed by atoms with Crippen LogP contribution in [0, 0.1) is 0 Å². The number of aliphatic hydroxyl groups excluding tert-OH is 1. The lowest BCUT2D eigenvalue weighted by Gasteiger charge is -2.37. The molecule has 2 aliphatic rings. The average Bonchev–Trinajstić information content (AvgIpc) is 2.83. The highest BCUT2D eigenvalue weighted by molar-refractivity contribution is 5.00. The Hall–Kier alpha value is -0.160. The van der Waals surface area contributed by atoms with Gasteiger partial charge in [-0.3, -0.25) is 4.90 Å². The van der Waals surface area contributed by atoms with Gasteiger partial charge in [0.2, 0.25) is 0 Å². The van der Waals surface area contributed by atoms with Gasteiger partial charge >= 0.3 is 0 Å². The van der Waals surface area contributed by atoms with Gasteiger partial charge in [-0.05, 0) is 53.5 Å². The van der Waals surface area contributed by atoms with E-state index < -0.39 is 0 Å². The van der Waals surface area contributed by atoms with Gasteiger partial charge < -0.3 is 15.2 Å². The third-order valence-electron chi connectivity index (χ3n) is 4.47. The lowest BCUT2D eigenvalue weighted by molar-refractivity contribution is -0.0817. The molecule has 0 bridgehead atoms. The van der Waals surface area contributed by atoms with Crippen LogP contribution < -0.4 is 5.32 Å². The Morgan fingerprint density at radius 2 is 2.05 bits per heavy atom. The fourth-order valence-corrected chi connectivity index (χ4v) is 3.80. The summed E-state index contributed by atoms with van der Waals surface area (Å²) < 4.78 is 6.20. The van der Waals surface area contributed by atoms with Gasteiger partial charge in [0.1, 0.15) is 0 Å². The predicted octanol–water partition coefficient (Wildman–Crippen LogP) is 1.38. The van der Waals surface area contributed by atoms with Crippen molar-refractivity contribution in [3.63, 3.8) is 0 Å². The fraction of sp³-hybridized carbons (Fsp3) is 1.00. The van der Waals surface area contributed by atoms with Crippen molar-refractivity contribution < 1.29 is 9.84 Å². The van der Waals surface area contributed by atoms with Crippen molar-refractivity contribution in [1.82, 2.24) is 10.2 Å². The van der Waals surface area contributed by atoms with Crippen LogP contribution in [0.4, 0.5) is 0 Å². The molecule has 0 aromatic rings. The highest BCUT2D eigenvalue weighted by Gasteiger charge is 2.48. The minimum atomic E-state index is -0.142. The number of rotatable bonds is 5. The summed E-state index contributed by atoms with van der Waals surface area (Å²) in [6.45, 7) is 11.8. The second-order valence-corrected chi connectivity index (χ2v) is 7.20. The zero-order valence-electron chi connectivity index (χ0n) is 12.9. The molecular formula is C15H30N2O2. The van der Waals surface area contributed by atoms with E-state index in [0.717, 1.165) is 26.1 Å². The maximum atomic E-state index is 9.37. The Balaban J connectivity index is 2.05. The van der Waals surface area contributed by atoms with Crippen molar-refractivity contribution >= 4 is 0 Å². The van der Waals surface area contributed by atoms with Crippen LogP contribution in [0.25, 0.3) is 0 Å². The molecule has 2 N–H and O–H groups in total. The first-order valence-corrected chi connectivity index (χ1v) is 7.62. The van der Waals surface area contributed by atoms with Crippen molar-refractivity contribution in [3.8, 4) is 0 Å². The summed E-state index contributed by atoms with van der Waals surface area (Å²) >= 11 is 0. The van der Waals surface area contributed by atoms with Crippen molar-refractivity contribution in [1.29, 1.82) is 0 Å². The third kappa shape index (κ3) is 3.69. The van der Waals surface area contributed by atoms with Crippen LogP contribution in [0.3, 0.4) is 0 Å². The van der Waals surface area contributed by atoms with Gasteiger partial charge in [-0.2, -0.15) is 0 Å². The summed E-state index contributed by atoms with van der Waals surface area (Å²) in [4.78, 5) is 2.43. The first kappa shape index (κ1) is 15.2. The molecule has 4 heteroatoms. The minimum Gasteiger partial charge on any atom is -0.395 e. The van der Waals surface area contributed by atoms with E-state index in [0.29, 0.717) is 12.1 Å². The van der Waals surface area contributed by atoms with Gasteiger partial charge in [-0.15, -0.1) is 0 Å². The quantitative estimate of drug-likeness (QED) is 0.792. The van der Waals surface area contributed by atoms with E-state index in [-0.39, 0.29) is 17.8 Å². The molecule has 2 fully saturated rings. The van der Waals surface area contributed by atoms with E-state index in [2.05, 4.69) is 37.9 Å². The standard InChI is InChI=1S/C15H30N2O2/c1-14(2)10-13(15(3,4)19-14)17(8-9-18)11-12-6-5-7-16-12/h12-13,16,18H,5-11H2,1-4H3. The number of aliphatic hydroxyl groups is 1. The molecule has 0 aromatic carbocycles. The van der Waals surface area contributed by atoms with Gasteiger partial charge in [-0.25, -0.2) is 0 Å². The lowest BCUT2D eigenvalue weighted by atomic mass is 9.92. The van der Waals surface area contributed by atoms with Crippen LogP contribution >= 0.6 is 0 Å². The van der Waals surface area contributed by atoms with E-state index >= 15 is 0 Å². The molecule has 112 valence electrons. The second-order valence-electron chi connectivity index (χ2n) is 7.20. The van der Waals surface area contributed by atoms with Crippen LogP contribution in [-0.4, -0.2) is 59.5 Å². The normalized spacial score (nSPS) is 33.2. The van der Waals surface area contributed by atoms with Crippen LogP contribution in [0.5, 0.6) is 0 Å². The van der Waals surface area contributed by atoms with Crippen LogP contribution in [-0.2, 0) is 4.74 Å². The summed E-state index contributed by atoms with van der Waals surface area (Å²) in [5, 5.41) is 12.9. The van der Waals surface area contributed by atoms with E-state index in [1.54, 1.807) is 0 Å². The largest absolute Gasteiger partial charge is 0.395 e. The van der Waals surface area contributed by atoms with Gasteiger partial charge in [-0.1, -0.05) is 0 Å². The molecule has 2 rings (SSSR count). The van der Waals surface area contributed by atoms with Crippen LogP contribution in [0.15, 0.2) is 0 Å². The first-order valence-electron chi connectivity index (χ1n) is 7.62.